The van der Waals surface area contributed by atoms with Gasteiger partial charge in [0.2, 0.25) is 0 Å². The van der Waals surface area contributed by atoms with E-state index in [1.54, 1.807) is 0 Å². The van der Waals surface area contributed by atoms with E-state index in [1.807, 2.05) is 0 Å². The Morgan fingerprint density at radius 2 is 0.284 bits per heavy atom. The molecule has 24 aromatic carbocycles. The van der Waals surface area contributed by atoms with Gasteiger partial charge in [0.1, 0.15) is 0 Å². The minimum Gasteiger partial charge on any atom is -0.309 e. The van der Waals surface area contributed by atoms with Crippen LogP contribution in [0.1, 0.15) is 0 Å². The maximum atomic E-state index is 2.48. The third-order valence-electron chi connectivity index (χ3n) is 30.1. The highest BCUT2D eigenvalue weighted by molar-refractivity contribution is 6.32. The first-order valence-electron chi connectivity index (χ1n) is 50.9. The summed E-state index contributed by atoms with van der Waals surface area (Å²) >= 11 is 0. The Kier molecular flexibility index (Phi) is 21.2. The molecule has 0 N–H and O–H groups in total. The number of nitrogens with zero attached hydrogens (tertiary/aromatic N) is 6. The molecular weight excluding hydrogens is 1790 g/mol. The molecule has 6 aromatic heterocycles. The van der Waals surface area contributed by atoms with E-state index in [-0.39, 0.29) is 0 Å². The van der Waals surface area contributed by atoms with Gasteiger partial charge in [-0.3, -0.25) is 0 Å². The van der Waals surface area contributed by atoms with Gasteiger partial charge in [0.05, 0.1) is 71.9 Å². The second-order valence-electron chi connectivity index (χ2n) is 38.5. The van der Waals surface area contributed by atoms with Crippen molar-refractivity contribution in [2.75, 3.05) is 0 Å². The Morgan fingerprint density at radius 1 is 0.0946 bits per heavy atom. The summed E-state index contributed by atoms with van der Waals surface area (Å²) in [6, 6.07) is 207. The SMILES string of the molecule is c1ccc(-c2cc(-c3ccccc3)cc(-n3c4ccccc4c4c5c6ccccc6n(-c6ccc(-c7ccccc7)c7ccccc67)c5ccc43)c2)cc1.c1ccc(-c2cc(-c3ccccc3)cc(-n3c4ccccc4c4c5c6ccccc6n(-c6ccccc6)c5ccc43)c2)cc1.c1ccc(-c2ccc(-n3c4ccccc4c4c5c6ccccc6n(-c6cc(-c7ccccc7)cc(-c7ccccc7)c6)c5ccc43)cc2)cc1. The number of rotatable bonds is 14. The number of benzene rings is 24. The van der Waals surface area contributed by atoms with Crippen LogP contribution >= 0.6 is 0 Å². The lowest BCUT2D eigenvalue weighted by atomic mass is 9.97. The van der Waals surface area contributed by atoms with Crippen LogP contribution in [0.5, 0.6) is 0 Å². The van der Waals surface area contributed by atoms with Crippen LogP contribution in [-0.4, -0.2) is 27.4 Å². The molecule has 0 aliphatic rings. The average Bonchev–Trinajstić information content (AvgIpc) is 1.55. The van der Waals surface area contributed by atoms with Crippen LogP contribution in [-0.2, 0) is 0 Å². The van der Waals surface area contributed by atoms with Crippen LogP contribution in [0.25, 0.3) is 265 Å². The van der Waals surface area contributed by atoms with Crippen molar-refractivity contribution < 1.29 is 0 Å². The van der Waals surface area contributed by atoms with E-state index in [2.05, 4.69) is 598 Å². The standard InChI is InChI=1S/C52H34N2.C48H32N2.C42H28N2/c1-4-16-35(17-5-1)38-32-39(36-18-6-2-7-19-36)34-40(33-38)53-46-26-14-12-24-44(46)51-49(53)30-31-50-52(51)45-25-13-15-27-47(45)54(50)48-29-28-41(37-20-8-3-9-21-37)42-22-10-11-23-43(42)48;1-4-14-33(15-5-1)36-24-26-39(27-25-36)49-43-22-12-10-20-41(43)47-45(49)28-29-46-48(47)42-21-11-13-23-44(42)50(46)40-31-37(34-16-6-2-7-17-34)30-38(32-40)35-18-8-3-9-19-35;1-4-14-29(15-5-1)31-26-32(30-16-6-2-7-17-30)28-34(27-31)44-38-23-13-11-21-36(38)42-40(44)25-24-39-41(42)35-20-10-12-22-37(35)43(39)33-18-8-3-9-19-33/h1-34H;1-32H;1-28H. The van der Waals surface area contributed by atoms with Gasteiger partial charge in [-0.1, -0.05) is 413 Å². The van der Waals surface area contributed by atoms with Gasteiger partial charge in [-0.25, -0.2) is 0 Å². The van der Waals surface area contributed by atoms with Crippen molar-refractivity contribution in [3.8, 4) is 123 Å². The highest BCUT2D eigenvalue weighted by Gasteiger charge is 2.28. The molecule has 6 heterocycles. The van der Waals surface area contributed by atoms with Crippen molar-refractivity contribution in [1.82, 2.24) is 27.4 Å². The molecule has 6 nitrogen and oxygen atoms in total. The molecule has 0 atom stereocenters. The minimum atomic E-state index is 1.15. The molecule has 148 heavy (non-hydrogen) atoms. The lowest BCUT2D eigenvalue weighted by molar-refractivity contribution is 1.17. The van der Waals surface area contributed by atoms with E-state index in [4.69, 9.17) is 0 Å². The van der Waals surface area contributed by atoms with E-state index in [0.29, 0.717) is 0 Å². The molecule has 0 spiro atoms. The van der Waals surface area contributed by atoms with Gasteiger partial charge in [0, 0.05) is 98.5 Å². The van der Waals surface area contributed by atoms with E-state index in [1.165, 1.54) is 242 Å². The summed E-state index contributed by atoms with van der Waals surface area (Å²) in [5.74, 6) is 0. The molecule has 0 fully saturated rings. The third kappa shape index (κ3) is 14.7. The summed E-state index contributed by atoms with van der Waals surface area (Å²) in [4.78, 5) is 0. The highest BCUT2D eigenvalue weighted by atomic mass is 15.0. The second-order valence-corrected chi connectivity index (χ2v) is 38.5. The van der Waals surface area contributed by atoms with Gasteiger partial charge in [-0.05, 0) is 252 Å². The molecule has 30 rings (SSSR count). The maximum Gasteiger partial charge on any atom is 0.0549 e. The molecule has 30 aromatic rings. The van der Waals surface area contributed by atoms with Gasteiger partial charge in [-0.2, -0.15) is 0 Å². The Hall–Kier alpha value is -19.7. The molecule has 0 aliphatic heterocycles. The first-order valence-corrected chi connectivity index (χ1v) is 50.9. The Bertz CT molecular complexity index is 10200. The van der Waals surface area contributed by atoms with Crippen LogP contribution < -0.4 is 0 Å². The first kappa shape index (κ1) is 86.2. The normalized spacial score (nSPS) is 11.6. The Labute approximate surface area is 856 Å². The number of hydrogen-bond donors (Lipinski definition) is 0. The van der Waals surface area contributed by atoms with E-state index >= 15 is 0 Å². The molecule has 0 radical (unpaired) electrons. The quantitative estimate of drug-likeness (QED) is 0.104. The lowest BCUT2D eigenvalue weighted by Gasteiger charge is -2.15. The molecule has 0 aliphatic carbocycles. The first-order chi connectivity index (χ1) is 73.5. The molecule has 0 saturated carbocycles. The van der Waals surface area contributed by atoms with Crippen molar-refractivity contribution in [3.05, 3.63) is 570 Å². The summed E-state index contributed by atoms with van der Waals surface area (Å²) in [6.45, 7) is 0. The second kappa shape index (κ2) is 36.4. The summed E-state index contributed by atoms with van der Waals surface area (Å²) in [5.41, 5.74) is 40.7. The van der Waals surface area contributed by atoms with Crippen LogP contribution in [0, 0.1) is 0 Å². The molecular formula is C142H94N6. The summed E-state index contributed by atoms with van der Waals surface area (Å²) < 4.78 is 14.7. The third-order valence-corrected chi connectivity index (χ3v) is 30.1. The Balaban J connectivity index is 0.000000108. The number of fused-ring (bicyclic) bond motifs is 22. The minimum absolute atomic E-state index is 1.15. The van der Waals surface area contributed by atoms with Crippen LogP contribution in [0.4, 0.5) is 0 Å². The summed E-state index contributed by atoms with van der Waals surface area (Å²) in [6.07, 6.45) is 0. The predicted molar refractivity (Wildman–Crippen MR) is 626 cm³/mol. The fraction of sp³-hybridized carbons (Fsp3) is 0. The smallest absolute Gasteiger partial charge is 0.0549 e. The maximum absolute atomic E-state index is 2.48. The van der Waals surface area contributed by atoms with E-state index < -0.39 is 0 Å². The summed E-state index contributed by atoms with van der Waals surface area (Å²) in [5, 5.41) is 17.7. The largest absolute Gasteiger partial charge is 0.309 e. The number of aromatic nitrogens is 6. The van der Waals surface area contributed by atoms with Crippen molar-refractivity contribution in [2.45, 2.75) is 0 Å². The Morgan fingerprint density at radius 3 is 0.554 bits per heavy atom. The van der Waals surface area contributed by atoms with Gasteiger partial charge in [0.15, 0.2) is 0 Å². The van der Waals surface area contributed by atoms with Crippen LogP contribution in [0.15, 0.2) is 570 Å². The monoisotopic (exact) mass is 1880 g/mol. The van der Waals surface area contributed by atoms with Gasteiger partial charge < -0.3 is 27.4 Å². The topological polar surface area (TPSA) is 29.6 Å². The number of para-hydroxylation sites is 7. The number of hydrogen-bond acceptors (Lipinski definition) is 0. The zero-order chi connectivity index (χ0) is 97.6. The predicted octanol–water partition coefficient (Wildman–Crippen LogP) is 38.1. The van der Waals surface area contributed by atoms with E-state index in [9.17, 15) is 0 Å². The van der Waals surface area contributed by atoms with Crippen molar-refractivity contribution in [3.63, 3.8) is 0 Å². The van der Waals surface area contributed by atoms with Crippen molar-refractivity contribution in [1.29, 1.82) is 0 Å². The fourth-order valence-corrected chi connectivity index (χ4v) is 23.6. The highest BCUT2D eigenvalue weighted by Crippen LogP contribution is 2.50. The van der Waals surface area contributed by atoms with Gasteiger partial charge in [-0.15, -0.1) is 0 Å². The molecule has 6 heteroatoms. The molecule has 0 amide bonds. The zero-order valence-corrected chi connectivity index (χ0v) is 81.0. The zero-order valence-electron chi connectivity index (χ0n) is 81.0. The molecule has 0 bridgehead atoms. The summed E-state index contributed by atoms with van der Waals surface area (Å²) in [7, 11) is 0. The van der Waals surface area contributed by atoms with Crippen LogP contribution in [0.3, 0.4) is 0 Å². The molecule has 692 valence electrons. The van der Waals surface area contributed by atoms with Gasteiger partial charge in [0.25, 0.3) is 0 Å². The average molecular weight is 1880 g/mol. The van der Waals surface area contributed by atoms with Crippen molar-refractivity contribution in [2.24, 2.45) is 0 Å². The fourth-order valence-electron chi connectivity index (χ4n) is 23.6. The van der Waals surface area contributed by atoms with Crippen LogP contribution in [0.2, 0.25) is 0 Å². The van der Waals surface area contributed by atoms with E-state index in [0.717, 1.165) is 22.7 Å². The van der Waals surface area contributed by atoms with Crippen molar-refractivity contribution >= 4 is 142 Å². The van der Waals surface area contributed by atoms with Gasteiger partial charge >= 0.3 is 0 Å². The molecule has 0 saturated heterocycles. The molecule has 0 unspecified atom stereocenters. The lowest BCUT2D eigenvalue weighted by Crippen LogP contribution is -1.97.